The van der Waals surface area contributed by atoms with Gasteiger partial charge in [-0.2, -0.15) is 0 Å². The molecular formula is C13H11ClN3O3S-. The number of hydrogen-bond donors (Lipinski definition) is 1. The minimum Gasteiger partial charge on any atom is -0.862 e. The van der Waals surface area contributed by atoms with Crippen LogP contribution in [-0.2, 0) is 10.0 Å². The lowest BCUT2D eigenvalue weighted by Gasteiger charge is -2.09. The molecule has 0 saturated carbocycles. The van der Waals surface area contributed by atoms with E-state index < -0.39 is 10.0 Å². The van der Waals surface area contributed by atoms with Crippen molar-refractivity contribution in [3.63, 3.8) is 0 Å². The Hall–Kier alpha value is -2.12. The van der Waals surface area contributed by atoms with Gasteiger partial charge in [0, 0.05) is 6.20 Å². The molecule has 0 aliphatic heterocycles. The highest BCUT2D eigenvalue weighted by Gasteiger charge is 2.14. The van der Waals surface area contributed by atoms with Crippen LogP contribution in [0, 0.1) is 0 Å². The minimum absolute atomic E-state index is 0.0131. The summed E-state index contributed by atoms with van der Waals surface area (Å²) in [7, 11) is -3.77. The van der Waals surface area contributed by atoms with Gasteiger partial charge in [0.05, 0.1) is 11.4 Å². The van der Waals surface area contributed by atoms with Crippen LogP contribution in [0.25, 0.3) is 0 Å². The van der Waals surface area contributed by atoms with Crippen molar-refractivity contribution in [2.45, 2.75) is 11.8 Å². The first kappa shape index (κ1) is 15.3. The summed E-state index contributed by atoms with van der Waals surface area (Å²) in [6.07, 6.45) is 1.16. The summed E-state index contributed by atoms with van der Waals surface area (Å²) in [5.74, 6) is -0.364. The summed E-state index contributed by atoms with van der Waals surface area (Å²) in [4.78, 5) is 7.44. The van der Waals surface area contributed by atoms with Crippen LogP contribution >= 0.6 is 11.6 Å². The third-order valence-electron chi connectivity index (χ3n) is 2.40. The third-order valence-corrected chi connectivity index (χ3v) is 3.99. The molecule has 0 saturated heterocycles. The Morgan fingerprint density at radius 1 is 1.33 bits per heavy atom. The first-order valence-electron chi connectivity index (χ1n) is 5.83. The Morgan fingerprint density at radius 3 is 2.71 bits per heavy atom. The lowest BCUT2D eigenvalue weighted by molar-refractivity contribution is -0.215. The second-order valence-electron chi connectivity index (χ2n) is 4.10. The Morgan fingerprint density at radius 2 is 2.10 bits per heavy atom. The zero-order chi connectivity index (χ0) is 15.5. The lowest BCUT2D eigenvalue weighted by atomic mass is 10.3. The van der Waals surface area contributed by atoms with E-state index >= 15 is 0 Å². The molecule has 1 heterocycles. The molecule has 1 N–H and O–H groups in total. The van der Waals surface area contributed by atoms with Crippen molar-refractivity contribution in [3.05, 3.63) is 47.7 Å². The van der Waals surface area contributed by atoms with Gasteiger partial charge in [-0.25, -0.2) is 13.4 Å². The number of pyridine rings is 1. The largest absolute Gasteiger partial charge is 0.862 e. The van der Waals surface area contributed by atoms with Crippen molar-refractivity contribution in [1.82, 2.24) is 4.98 Å². The van der Waals surface area contributed by atoms with Gasteiger partial charge in [-0.15, -0.1) is 0 Å². The van der Waals surface area contributed by atoms with E-state index in [0.29, 0.717) is 11.4 Å². The highest BCUT2D eigenvalue weighted by Crippen LogP contribution is 2.21. The molecule has 0 aliphatic carbocycles. The Bertz CT molecular complexity index is 770. The highest BCUT2D eigenvalue weighted by atomic mass is 35.5. The van der Waals surface area contributed by atoms with Crippen molar-refractivity contribution in [3.8, 4) is 0 Å². The number of nitrogens with zero attached hydrogens (tertiary/aromatic N) is 2. The Labute approximate surface area is 127 Å². The molecular weight excluding hydrogens is 314 g/mol. The molecule has 0 fully saturated rings. The van der Waals surface area contributed by atoms with Crippen molar-refractivity contribution < 1.29 is 13.5 Å². The van der Waals surface area contributed by atoms with Gasteiger partial charge in [-0.1, -0.05) is 17.7 Å². The molecule has 2 rings (SSSR count). The fourth-order valence-corrected chi connectivity index (χ4v) is 2.66. The highest BCUT2D eigenvalue weighted by molar-refractivity contribution is 7.92. The van der Waals surface area contributed by atoms with E-state index in [4.69, 9.17) is 11.6 Å². The number of halogens is 1. The molecule has 2 aromatic rings. The molecule has 0 spiro atoms. The summed E-state index contributed by atoms with van der Waals surface area (Å²) in [6, 6.07) is 8.95. The Balaban J connectivity index is 2.28. The summed E-state index contributed by atoms with van der Waals surface area (Å²) in [5, 5.41) is 11.1. The van der Waals surface area contributed by atoms with Crippen LogP contribution < -0.4 is 9.83 Å². The fraction of sp³-hybridized carbons (Fsp3) is 0.0769. The number of aliphatic imine (C=N–C) groups is 1. The van der Waals surface area contributed by atoms with Crippen LogP contribution in [0.15, 0.2) is 52.5 Å². The number of nitrogens with one attached hydrogen (secondary N) is 1. The second kappa shape index (κ2) is 6.11. The maximum absolute atomic E-state index is 12.2. The molecule has 110 valence electrons. The van der Waals surface area contributed by atoms with Gasteiger partial charge in [0.2, 0.25) is 0 Å². The predicted octanol–water partition coefficient (Wildman–Crippen LogP) is 1.95. The van der Waals surface area contributed by atoms with E-state index in [2.05, 4.69) is 14.7 Å². The smallest absolute Gasteiger partial charge is 0.263 e. The van der Waals surface area contributed by atoms with Crippen molar-refractivity contribution in [2.24, 2.45) is 4.99 Å². The number of aromatic nitrogens is 1. The number of rotatable bonds is 4. The quantitative estimate of drug-likeness (QED) is 0.528. The standard InChI is InChI=1S/C13H12ClN3O3S/c1-9(18)16-10-3-2-4-11(7-10)17-21(19,20)12-5-6-13(14)15-8-12/h2-8,17H,1H3,(H,16,18)/p-1. The predicted molar refractivity (Wildman–Crippen MR) is 79.3 cm³/mol. The minimum atomic E-state index is -3.77. The molecule has 0 atom stereocenters. The van der Waals surface area contributed by atoms with Gasteiger partial charge < -0.3 is 5.11 Å². The maximum atomic E-state index is 12.2. The van der Waals surface area contributed by atoms with Crippen LogP contribution in [0.3, 0.4) is 0 Å². The van der Waals surface area contributed by atoms with Crippen molar-refractivity contribution >= 4 is 38.9 Å². The zero-order valence-corrected chi connectivity index (χ0v) is 12.5. The van der Waals surface area contributed by atoms with Gasteiger partial charge >= 0.3 is 0 Å². The topological polar surface area (TPSA) is 94.5 Å². The second-order valence-corrected chi connectivity index (χ2v) is 6.17. The van der Waals surface area contributed by atoms with Crippen molar-refractivity contribution in [1.29, 1.82) is 0 Å². The molecule has 0 amide bonds. The van der Waals surface area contributed by atoms with E-state index in [9.17, 15) is 13.5 Å². The molecule has 0 radical (unpaired) electrons. The number of anilines is 1. The van der Waals surface area contributed by atoms with Gasteiger partial charge in [0.15, 0.2) is 0 Å². The van der Waals surface area contributed by atoms with E-state index in [1.165, 1.54) is 25.1 Å². The summed E-state index contributed by atoms with van der Waals surface area (Å²) in [6.45, 7) is 1.32. The molecule has 6 nitrogen and oxygen atoms in total. The normalized spacial score (nSPS) is 12.2. The SMILES string of the molecule is CC([O-])=Nc1cccc(NS(=O)(=O)c2ccc(Cl)nc2)c1. The maximum Gasteiger partial charge on any atom is 0.263 e. The van der Waals surface area contributed by atoms with Gasteiger partial charge in [0.25, 0.3) is 10.0 Å². The van der Waals surface area contributed by atoms with E-state index in [-0.39, 0.29) is 15.9 Å². The molecule has 0 aliphatic rings. The molecule has 0 unspecified atom stereocenters. The van der Waals surface area contributed by atoms with E-state index in [1.54, 1.807) is 18.2 Å². The first-order chi connectivity index (χ1) is 9.87. The monoisotopic (exact) mass is 324 g/mol. The van der Waals surface area contributed by atoms with Crippen LogP contribution in [0.5, 0.6) is 0 Å². The average molecular weight is 325 g/mol. The molecule has 8 heteroatoms. The van der Waals surface area contributed by atoms with Crippen LogP contribution in [0.4, 0.5) is 11.4 Å². The van der Waals surface area contributed by atoms with Crippen LogP contribution in [0.2, 0.25) is 5.15 Å². The van der Waals surface area contributed by atoms with Gasteiger partial charge in [-0.05, 0) is 43.2 Å². The number of benzene rings is 1. The summed E-state index contributed by atoms with van der Waals surface area (Å²) in [5.41, 5.74) is 0.671. The zero-order valence-electron chi connectivity index (χ0n) is 10.9. The fourth-order valence-electron chi connectivity index (χ4n) is 1.56. The average Bonchev–Trinajstić information content (AvgIpc) is 2.38. The van der Waals surface area contributed by atoms with Crippen molar-refractivity contribution in [2.75, 3.05) is 4.72 Å². The van der Waals surface area contributed by atoms with Crippen LogP contribution in [-0.4, -0.2) is 19.3 Å². The third kappa shape index (κ3) is 4.17. The lowest BCUT2D eigenvalue weighted by Crippen LogP contribution is -2.13. The number of sulfonamides is 1. The summed E-state index contributed by atoms with van der Waals surface area (Å²) < 4.78 is 26.7. The molecule has 1 aromatic carbocycles. The molecule has 1 aromatic heterocycles. The van der Waals surface area contributed by atoms with E-state index in [1.807, 2.05) is 0 Å². The summed E-state index contributed by atoms with van der Waals surface area (Å²) >= 11 is 5.62. The van der Waals surface area contributed by atoms with Gasteiger partial charge in [0.1, 0.15) is 10.0 Å². The molecule has 21 heavy (non-hydrogen) atoms. The number of hydrogen-bond acceptors (Lipinski definition) is 5. The first-order valence-corrected chi connectivity index (χ1v) is 7.70. The van der Waals surface area contributed by atoms with Crippen LogP contribution in [0.1, 0.15) is 6.92 Å². The Kier molecular flexibility index (Phi) is 4.44. The van der Waals surface area contributed by atoms with E-state index in [0.717, 1.165) is 6.20 Å². The molecule has 0 bridgehead atoms. The van der Waals surface area contributed by atoms with Gasteiger partial charge in [-0.3, -0.25) is 9.71 Å².